The second kappa shape index (κ2) is 4.95. The van der Waals surface area contributed by atoms with Gasteiger partial charge >= 0.3 is 0 Å². The third-order valence-corrected chi connectivity index (χ3v) is 2.83. The largest absolute Gasteiger partial charge is 0.255 e. The zero-order chi connectivity index (χ0) is 13.2. The van der Waals surface area contributed by atoms with Crippen molar-refractivity contribution in [1.29, 1.82) is 0 Å². The number of rotatable bonds is 2. The van der Waals surface area contributed by atoms with Crippen molar-refractivity contribution in [3.05, 3.63) is 53.0 Å². The van der Waals surface area contributed by atoms with Crippen LogP contribution in [0, 0.1) is 0 Å². The van der Waals surface area contributed by atoms with E-state index in [2.05, 4.69) is 20.1 Å². The number of hydrogen-bond donors (Lipinski definition) is 0. The van der Waals surface area contributed by atoms with Crippen molar-refractivity contribution >= 4 is 23.2 Å². The molecule has 0 spiro atoms. The second-order valence-electron chi connectivity index (χ2n) is 3.69. The third kappa shape index (κ3) is 2.57. The Labute approximate surface area is 118 Å². The molecule has 0 amide bonds. The molecule has 0 saturated carbocycles. The summed E-state index contributed by atoms with van der Waals surface area (Å²) in [5.74, 6) is 0.845. The monoisotopic (exact) mass is 291 g/mol. The van der Waals surface area contributed by atoms with Gasteiger partial charge in [0.2, 0.25) is 5.28 Å². The van der Waals surface area contributed by atoms with E-state index >= 15 is 0 Å². The molecule has 2 heterocycles. The summed E-state index contributed by atoms with van der Waals surface area (Å²) in [6.07, 6.45) is 3.37. The van der Waals surface area contributed by atoms with E-state index in [9.17, 15) is 0 Å². The maximum absolute atomic E-state index is 5.92. The summed E-state index contributed by atoms with van der Waals surface area (Å²) in [5, 5.41) is 4.83. The molecule has 2 aromatic heterocycles. The van der Waals surface area contributed by atoms with Gasteiger partial charge in [-0.15, -0.1) is 0 Å². The number of nitrogens with zero attached hydrogens (tertiary/aromatic N) is 5. The van der Waals surface area contributed by atoms with Crippen LogP contribution in [0.3, 0.4) is 0 Å². The molecule has 19 heavy (non-hydrogen) atoms. The first kappa shape index (κ1) is 12.1. The highest BCUT2D eigenvalue weighted by Crippen LogP contribution is 2.19. The first-order valence-electron chi connectivity index (χ1n) is 5.40. The SMILES string of the molecule is Clc1ccc(-c2nc(Cl)nc(-n3cccn3)n2)cc1. The Balaban J connectivity index is 2.10. The molecule has 94 valence electrons. The quantitative estimate of drug-likeness (QED) is 0.728. The number of aromatic nitrogens is 5. The molecule has 0 fully saturated rings. The maximum atomic E-state index is 5.92. The summed E-state index contributed by atoms with van der Waals surface area (Å²) >= 11 is 11.8. The van der Waals surface area contributed by atoms with Crippen molar-refractivity contribution in [2.24, 2.45) is 0 Å². The first-order valence-corrected chi connectivity index (χ1v) is 6.15. The van der Waals surface area contributed by atoms with E-state index in [4.69, 9.17) is 23.2 Å². The molecule has 0 N–H and O–H groups in total. The normalized spacial score (nSPS) is 10.6. The third-order valence-electron chi connectivity index (χ3n) is 2.41. The molecule has 3 rings (SSSR count). The molecule has 0 bridgehead atoms. The van der Waals surface area contributed by atoms with Crippen LogP contribution in [0.1, 0.15) is 0 Å². The van der Waals surface area contributed by atoms with Crippen molar-refractivity contribution in [3.8, 4) is 17.3 Å². The summed E-state index contributed by atoms with van der Waals surface area (Å²) in [6, 6.07) is 8.95. The van der Waals surface area contributed by atoms with Crippen LogP contribution < -0.4 is 0 Å². The van der Waals surface area contributed by atoms with Crippen LogP contribution in [0.5, 0.6) is 0 Å². The Morgan fingerprint density at radius 2 is 1.74 bits per heavy atom. The topological polar surface area (TPSA) is 56.5 Å². The lowest BCUT2D eigenvalue weighted by Crippen LogP contribution is -2.04. The van der Waals surface area contributed by atoms with Crippen LogP contribution in [0.15, 0.2) is 42.7 Å². The predicted molar refractivity (Wildman–Crippen MR) is 72.4 cm³/mol. The van der Waals surface area contributed by atoms with Gasteiger partial charge in [-0.05, 0) is 41.9 Å². The highest BCUT2D eigenvalue weighted by atomic mass is 35.5. The predicted octanol–water partition coefficient (Wildman–Crippen LogP) is 3.03. The Morgan fingerprint density at radius 1 is 0.947 bits per heavy atom. The lowest BCUT2D eigenvalue weighted by Gasteiger charge is -2.04. The van der Waals surface area contributed by atoms with Crippen LogP contribution in [0.25, 0.3) is 17.3 Å². The standard InChI is InChI=1S/C12H7Cl2N5/c13-9-4-2-8(3-5-9)10-16-11(14)18-12(17-10)19-7-1-6-15-19/h1-7H. The molecule has 0 saturated heterocycles. The van der Waals surface area contributed by atoms with Crippen LogP contribution >= 0.6 is 23.2 Å². The summed E-state index contributed by atoms with van der Waals surface area (Å²) in [6.45, 7) is 0. The summed E-state index contributed by atoms with van der Waals surface area (Å²) in [4.78, 5) is 12.5. The molecule has 5 nitrogen and oxygen atoms in total. The molecule has 7 heteroatoms. The van der Waals surface area contributed by atoms with E-state index in [1.165, 1.54) is 4.68 Å². The highest BCUT2D eigenvalue weighted by Gasteiger charge is 2.08. The number of hydrogen-bond acceptors (Lipinski definition) is 4. The van der Waals surface area contributed by atoms with Crippen molar-refractivity contribution in [2.75, 3.05) is 0 Å². The van der Waals surface area contributed by atoms with E-state index in [1.54, 1.807) is 30.6 Å². The van der Waals surface area contributed by atoms with Crippen LogP contribution in [0.4, 0.5) is 0 Å². The Bertz CT molecular complexity index is 695. The maximum Gasteiger partial charge on any atom is 0.255 e. The summed E-state index contributed by atoms with van der Waals surface area (Å²) < 4.78 is 1.52. The second-order valence-corrected chi connectivity index (χ2v) is 4.46. The molecular weight excluding hydrogens is 285 g/mol. The lowest BCUT2D eigenvalue weighted by atomic mass is 10.2. The van der Waals surface area contributed by atoms with Crippen molar-refractivity contribution in [3.63, 3.8) is 0 Å². The van der Waals surface area contributed by atoms with Crippen LogP contribution in [-0.4, -0.2) is 24.7 Å². The molecule has 3 aromatic rings. The molecule has 0 aliphatic rings. The Hall–Kier alpha value is -1.98. The van der Waals surface area contributed by atoms with E-state index in [0.717, 1.165) is 5.56 Å². The smallest absolute Gasteiger partial charge is 0.206 e. The molecule has 0 unspecified atom stereocenters. The van der Waals surface area contributed by atoms with Crippen LogP contribution in [-0.2, 0) is 0 Å². The molecule has 0 atom stereocenters. The first-order chi connectivity index (χ1) is 9.22. The van der Waals surface area contributed by atoms with Crippen molar-refractivity contribution in [2.45, 2.75) is 0 Å². The van der Waals surface area contributed by atoms with Gasteiger partial charge in [-0.1, -0.05) is 11.6 Å². The fourth-order valence-electron chi connectivity index (χ4n) is 1.56. The van der Waals surface area contributed by atoms with Gasteiger partial charge in [-0.25, -0.2) is 4.68 Å². The fourth-order valence-corrected chi connectivity index (χ4v) is 1.84. The van der Waals surface area contributed by atoms with E-state index in [0.29, 0.717) is 16.8 Å². The lowest BCUT2D eigenvalue weighted by molar-refractivity contribution is 0.798. The fraction of sp³-hybridized carbons (Fsp3) is 0. The van der Waals surface area contributed by atoms with Gasteiger partial charge in [0.15, 0.2) is 5.82 Å². The highest BCUT2D eigenvalue weighted by molar-refractivity contribution is 6.30. The minimum absolute atomic E-state index is 0.116. The minimum atomic E-state index is 0.116. The Morgan fingerprint density at radius 3 is 2.42 bits per heavy atom. The molecule has 1 aromatic carbocycles. The number of benzene rings is 1. The zero-order valence-electron chi connectivity index (χ0n) is 9.53. The van der Waals surface area contributed by atoms with Gasteiger partial charge in [-0.2, -0.15) is 20.1 Å². The van der Waals surface area contributed by atoms with E-state index in [-0.39, 0.29) is 5.28 Å². The van der Waals surface area contributed by atoms with Gasteiger partial charge < -0.3 is 0 Å². The van der Waals surface area contributed by atoms with Crippen molar-refractivity contribution < 1.29 is 0 Å². The number of halogens is 2. The molecular formula is C12H7Cl2N5. The van der Waals surface area contributed by atoms with Gasteiger partial charge in [0.1, 0.15) is 0 Å². The van der Waals surface area contributed by atoms with E-state index in [1.807, 2.05) is 12.1 Å². The van der Waals surface area contributed by atoms with Gasteiger partial charge in [0, 0.05) is 23.0 Å². The van der Waals surface area contributed by atoms with E-state index < -0.39 is 0 Å². The van der Waals surface area contributed by atoms with Gasteiger partial charge in [-0.3, -0.25) is 0 Å². The van der Waals surface area contributed by atoms with Gasteiger partial charge in [0.05, 0.1) is 0 Å². The van der Waals surface area contributed by atoms with Gasteiger partial charge in [0.25, 0.3) is 5.95 Å². The Kier molecular flexibility index (Phi) is 3.15. The molecule has 0 aliphatic heterocycles. The zero-order valence-corrected chi connectivity index (χ0v) is 11.0. The van der Waals surface area contributed by atoms with Crippen LogP contribution in [0.2, 0.25) is 10.3 Å². The minimum Gasteiger partial charge on any atom is -0.206 e. The molecule has 0 aliphatic carbocycles. The molecule has 0 radical (unpaired) electrons. The van der Waals surface area contributed by atoms with Crippen molar-refractivity contribution in [1.82, 2.24) is 24.7 Å². The summed E-state index contributed by atoms with van der Waals surface area (Å²) in [7, 11) is 0. The average Bonchev–Trinajstić information content (AvgIpc) is 2.93. The summed E-state index contributed by atoms with van der Waals surface area (Å²) in [5.41, 5.74) is 0.808. The average molecular weight is 292 g/mol.